The maximum Gasteiger partial charge on any atom is 0.343 e. The van der Waals surface area contributed by atoms with Crippen LogP contribution < -0.4 is 10.2 Å². The number of aromatic nitrogens is 1. The van der Waals surface area contributed by atoms with Crippen LogP contribution in [0.3, 0.4) is 0 Å². The molecule has 0 saturated heterocycles. The molecular weight excluding hydrogens is 335 g/mol. The second-order valence-electron chi connectivity index (χ2n) is 5.71. The minimum absolute atomic E-state index is 0.0303. The summed E-state index contributed by atoms with van der Waals surface area (Å²) in [5, 5.41) is 10.8. The van der Waals surface area contributed by atoms with Crippen LogP contribution in [0.2, 0.25) is 0 Å². The lowest BCUT2D eigenvalue weighted by atomic mass is 10.0. The minimum Gasteiger partial charge on any atom is -0.489 e. The lowest BCUT2D eigenvalue weighted by Crippen LogP contribution is -2.28. The average Bonchev–Trinajstić information content (AvgIpc) is 2.55. The van der Waals surface area contributed by atoms with Crippen LogP contribution in [-0.4, -0.2) is 28.7 Å². The van der Waals surface area contributed by atoms with Crippen molar-refractivity contribution in [2.24, 2.45) is 0 Å². The number of hydrogen-bond donors (Lipinski definition) is 0. The highest BCUT2D eigenvalue weighted by atomic mass is 19.1. The molecule has 1 atom stereocenters. The number of halogens is 1. The monoisotopic (exact) mass is 350 g/mol. The molecule has 0 N–H and O–H groups in total. The van der Waals surface area contributed by atoms with Gasteiger partial charge in [-0.15, -0.1) is 0 Å². The van der Waals surface area contributed by atoms with E-state index in [4.69, 9.17) is 9.47 Å². The van der Waals surface area contributed by atoms with Gasteiger partial charge in [0.25, 0.3) is 0 Å². The van der Waals surface area contributed by atoms with Gasteiger partial charge in [-0.05, 0) is 19.9 Å². The maximum absolute atomic E-state index is 14.4. The molecule has 0 fully saturated rings. The first-order valence-corrected chi connectivity index (χ1v) is 7.67. The molecule has 9 heteroatoms. The number of benzene rings is 1. The van der Waals surface area contributed by atoms with Crippen molar-refractivity contribution in [2.75, 3.05) is 13.2 Å². The standard InChI is InChI=1S/C16H15FN2O6/c1-3-24-16(21)11-5-18-8(2)7-25-15-10(6-19(22)23)12(17)4-9(13(15)18)14(11)20/h4-5,8H,3,6-7H2,1-2H3. The van der Waals surface area contributed by atoms with Crippen LogP contribution in [0, 0.1) is 15.9 Å². The van der Waals surface area contributed by atoms with E-state index in [1.54, 1.807) is 18.4 Å². The summed E-state index contributed by atoms with van der Waals surface area (Å²) in [5.41, 5.74) is -0.887. The van der Waals surface area contributed by atoms with Crippen LogP contribution in [0.5, 0.6) is 5.75 Å². The fourth-order valence-electron chi connectivity index (χ4n) is 2.91. The van der Waals surface area contributed by atoms with E-state index in [9.17, 15) is 24.1 Å². The van der Waals surface area contributed by atoms with Gasteiger partial charge in [0.1, 0.15) is 23.6 Å². The molecule has 0 bridgehead atoms. The molecule has 0 amide bonds. The molecule has 8 nitrogen and oxygen atoms in total. The first-order chi connectivity index (χ1) is 11.8. The van der Waals surface area contributed by atoms with Gasteiger partial charge in [0.2, 0.25) is 12.0 Å². The van der Waals surface area contributed by atoms with Gasteiger partial charge >= 0.3 is 5.97 Å². The number of hydrogen-bond acceptors (Lipinski definition) is 6. The highest BCUT2D eigenvalue weighted by Crippen LogP contribution is 2.36. The lowest BCUT2D eigenvalue weighted by Gasteiger charge is -2.28. The SMILES string of the molecule is CCOC(=O)c1cn2c3c(c(C[N+](=O)[O-])c(F)cc3c1=O)OCC2C. The third-order valence-corrected chi connectivity index (χ3v) is 4.05. The van der Waals surface area contributed by atoms with E-state index >= 15 is 0 Å². The summed E-state index contributed by atoms with van der Waals surface area (Å²) >= 11 is 0. The molecule has 1 aromatic carbocycles. The number of ether oxygens (including phenoxy) is 2. The number of carbonyl (C=O) groups excluding carboxylic acids is 1. The number of esters is 1. The molecule has 2 aromatic rings. The Kier molecular flexibility index (Phi) is 4.15. The van der Waals surface area contributed by atoms with Crippen molar-refractivity contribution in [2.45, 2.75) is 26.4 Å². The van der Waals surface area contributed by atoms with Crippen LogP contribution >= 0.6 is 0 Å². The van der Waals surface area contributed by atoms with Gasteiger partial charge in [0, 0.05) is 11.1 Å². The Hall–Kier alpha value is -2.97. The van der Waals surface area contributed by atoms with Gasteiger partial charge in [-0.1, -0.05) is 0 Å². The van der Waals surface area contributed by atoms with Gasteiger partial charge in [-0.2, -0.15) is 0 Å². The molecule has 25 heavy (non-hydrogen) atoms. The smallest absolute Gasteiger partial charge is 0.343 e. The predicted molar refractivity (Wildman–Crippen MR) is 85.0 cm³/mol. The van der Waals surface area contributed by atoms with E-state index in [0.29, 0.717) is 0 Å². The lowest BCUT2D eigenvalue weighted by molar-refractivity contribution is -0.497. The van der Waals surface area contributed by atoms with Crippen molar-refractivity contribution in [3.63, 3.8) is 0 Å². The number of nitrogens with zero attached hydrogens (tertiary/aromatic N) is 2. The molecule has 0 spiro atoms. The molecular formula is C16H15FN2O6. The van der Waals surface area contributed by atoms with E-state index < -0.39 is 28.7 Å². The van der Waals surface area contributed by atoms with Gasteiger partial charge in [-0.3, -0.25) is 14.9 Å². The van der Waals surface area contributed by atoms with Gasteiger partial charge in [-0.25, -0.2) is 9.18 Å². The van der Waals surface area contributed by atoms with Crippen molar-refractivity contribution in [3.05, 3.63) is 49.5 Å². The molecule has 3 rings (SSSR count). The fraction of sp³-hybridized carbons (Fsp3) is 0.375. The maximum atomic E-state index is 14.4. The Morgan fingerprint density at radius 3 is 2.92 bits per heavy atom. The average molecular weight is 350 g/mol. The number of pyridine rings is 1. The molecule has 0 saturated carbocycles. The third-order valence-electron chi connectivity index (χ3n) is 4.05. The van der Waals surface area contributed by atoms with E-state index in [0.717, 1.165) is 6.07 Å². The Morgan fingerprint density at radius 2 is 2.28 bits per heavy atom. The highest BCUT2D eigenvalue weighted by Gasteiger charge is 2.29. The molecule has 132 valence electrons. The Labute approximate surface area is 140 Å². The van der Waals surface area contributed by atoms with Gasteiger partial charge < -0.3 is 14.0 Å². The summed E-state index contributed by atoms with van der Waals surface area (Å²) in [6, 6.07) is 0.665. The zero-order valence-electron chi connectivity index (χ0n) is 13.6. The van der Waals surface area contributed by atoms with Crippen LogP contribution in [0.4, 0.5) is 4.39 Å². The van der Waals surface area contributed by atoms with Crippen LogP contribution in [0.15, 0.2) is 17.1 Å². The molecule has 2 heterocycles. The first kappa shape index (κ1) is 16.9. The van der Waals surface area contributed by atoms with Crippen molar-refractivity contribution in [1.82, 2.24) is 4.57 Å². The van der Waals surface area contributed by atoms with Crippen LogP contribution in [0.1, 0.15) is 35.8 Å². The summed E-state index contributed by atoms with van der Waals surface area (Å²) in [6.45, 7) is 2.86. The molecule has 0 aliphatic carbocycles. The number of rotatable bonds is 4. The first-order valence-electron chi connectivity index (χ1n) is 7.67. The van der Waals surface area contributed by atoms with Crippen molar-refractivity contribution < 1.29 is 23.6 Å². The van der Waals surface area contributed by atoms with Crippen LogP contribution in [-0.2, 0) is 11.3 Å². The molecule has 1 aromatic heterocycles. The Balaban J connectivity index is 2.38. The largest absolute Gasteiger partial charge is 0.489 e. The van der Waals surface area contributed by atoms with E-state index in [1.165, 1.54) is 6.20 Å². The summed E-state index contributed by atoms with van der Waals surface area (Å²) < 4.78 is 26.4. The summed E-state index contributed by atoms with van der Waals surface area (Å²) in [4.78, 5) is 34.8. The summed E-state index contributed by atoms with van der Waals surface area (Å²) in [5.74, 6) is -1.75. The predicted octanol–water partition coefficient (Wildman–Crippen LogP) is 2.05. The zero-order chi connectivity index (χ0) is 18.3. The van der Waals surface area contributed by atoms with Crippen molar-refractivity contribution in [1.29, 1.82) is 0 Å². The fourth-order valence-corrected chi connectivity index (χ4v) is 2.91. The van der Waals surface area contributed by atoms with Gasteiger partial charge in [0.15, 0.2) is 5.75 Å². The molecule has 1 aliphatic rings. The van der Waals surface area contributed by atoms with Crippen LogP contribution in [0.25, 0.3) is 10.9 Å². The zero-order valence-corrected chi connectivity index (χ0v) is 13.6. The topological polar surface area (TPSA) is 101 Å². The summed E-state index contributed by atoms with van der Waals surface area (Å²) in [6.07, 6.45) is 1.34. The number of nitro groups is 1. The molecule has 1 aliphatic heterocycles. The second-order valence-corrected chi connectivity index (χ2v) is 5.71. The Bertz CT molecular complexity index is 952. The number of carbonyl (C=O) groups is 1. The van der Waals surface area contributed by atoms with E-state index in [-0.39, 0.29) is 47.0 Å². The molecule has 1 unspecified atom stereocenters. The van der Waals surface area contributed by atoms with Crippen molar-refractivity contribution >= 4 is 16.9 Å². The van der Waals surface area contributed by atoms with E-state index in [2.05, 4.69) is 0 Å². The normalized spacial score (nSPS) is 15.7. The minimum atomic E-state index is -0.918. The van der Waals surface area contributed by atoms with Gasteiger partial charge in [0.05, 0.1) is 23.6 Å². The molecule has 0 radical (unpaired) electrons. The third kappa shape index (κ3) is 2.71. The van der Waals surface area contributed by atoms with Crippen molar-refractivity contribution in [3.8, 4) is 5.75 Å². The Morgan fingerprint density at radius 1 is 1.56 bits per heavy atom. The van der Waals surface area contributed by atoms with E-state index in [1.807, 2.05) is 0 Å². The quantitative estimate of drug-likeness (QED) is 0.475. The summed E-state index contributed by atoms with van der Waals surface area (Å²) in [7, 11) is 0. The second kappa shape index (κ2) is 6.15. The highest BCUT2D eigenvalue weighted by molar-refractivity contribution is 5.96.